The molecule has 0 spiro atoms. The highest BCUT2D eigenvalue weighted by molar-refractivity contribution is 6.42. The van der Waals surface area contributed by atoms with Gasteiger partial charge in [0.1, 0.15) is 0 Å². The van der Waals surface area contributed by atoms with E-state index in [2.05, 4.69) is 6.92 Å². The minimum atomic E-state index is -0.400. The van der Waals surface area contributed by atoms with Crippen LogP contribution < -0.4 is 0 Å². The van der Waals surface area contributed by atoms with Gasteiger partial charge >= 0.3 is 0 Å². The van der Waals surface area contributed by atoms with Gasteiger partial charge < -0.3 is 5.11 Å². The third kappa shape index (κ3) is 4.78. The summed E-state index contributed by atoms with van der Waals surface area (Å²) in [6, 6.07) is 0. The Morgan fingerprint density at radius 3 is 2.36 bits per heavy atom. The highest BCUT2D eigenvalue weighted by Crippen LogP contribution is 2.23. The molecule has 4 heteroatoms. The summed E-state index contributed by atoms with van der Waals surface area (Å²) in [5, 5.41) is 8.11. The van der Waals surface area contributed by atoms with Crippen molar-refractivity contribution in [2.45, 2.75) is 31.6 Å². The van der Waals surface area contributed by atoms with Gasteiger partial charge in [-0.2, -0.15) is 0 Å². The first-order valence-electron chi connectivity index (χ1n) is 3.47. The SMILES string of the molecule is CCCCC(Cl)C(Cl)=C(O)Cl. The van der Waals surface area contributed by atoms with E-state index in [-0.39, 0.29) is 10.4 Å². The molecule has 0 aromatic heterocycles. The minimum absolute atomic E-state index is 0.141. The summed E-state index contributed by atoms with van der Waals surface area (Å²) in [6.45, 7) is 2.06. The minimum Gasteiger partial charge on any atom is -0.498 e. The van der Waals surface area contributed by atoms with Crippen LogP contribution in [0, 0.1) is 0 Å². The standard InChI is InChI=1S/C7H11Cl3O/c1-2-3-4-5(8)6(9)7(10)11/h5,11H,2-4H2,1H3. The van der Waals surface area contributed by atoms with E-state index >= 15 is 0 Å². The lowest BCUT2D eigenvalue weighted by atomic mass is 10.2. The molecule has 0 rings (SSSR count). The Morgan fingerprint density at radius 1 is 1.45 bits per heavy atom. The van der Waals surface area contributed by atoms with Gasteiger partial charge in [-0.25, -0.2) is 0 Å². The van der Waals surface area contributed by atoms with Crippen LogP contribution in [0.25, 0.3) is 0 Å². The highest BCUT2D eigenvalue weighted by atomic mass is 35.5. The van der Waals surface area contributed by atoms with E-state index in [1.165, 1.54) is 0 Å². The van der Waals surface area contributed by atoms with Crippen molar-refractivity contribution >= 4 is 34.8 Å². The largest absolute Gasteiger partial charge is 0.498 e. The van der Waals surface area contributed by atoms with Crippen LogP contribution in [0.2, 0.25) is 0 Å². The molecule has 0 aliphatic heterocycles. The number of unbranched alkanes of at least 4 members (excludes halogenated alkanes) is 1. The van der Waals surface area contributed by atoms with Crippen molar-refractivity contribution in [1.29, 1.82) is 0 Å². The summed E-state index contributed by atoms with van der Waals surface area (Å²) in [7, 11) is 0. The Hall–Kier alpha value is 0.410. The maximum atomic E-state index is 8.72. The molecule has 1 atom stereocenters. The number of rotatable bonds is 4. The first kappa shape index (κ1) is 11.4. The molecule has 0 aromatic rings. The highest BCUT2D eigenvalue weighted by Gasteiger charge is 2.11. The number of halogens is 3. The maximum absolute atomic E-state index is 8.72. The van der Waals surface area contributed by atoms with Crippen LogP contribution in [0.5, 0.6) is 0 Å². The Labute approximate surface area is 81.9 Å². The second-order valence-corrected chi connectivity index (χ2v) is 3.54. The molecular formula is C7H11Cl3O. The molecule has 0 saturated carbocycles. The topological polar surface area (TPSA) is 20.2 Å². The van der Waals surface area contributed by atoms with Gasteiger partial charge in [-0.05, 0) is 18.0 Å². The molecule has 11 heavy (non-hydrogen) atoms. The molecule has 1 unspecified atom stereocenters. The molecule has 0 bridgehead atoms. The number of allylic oxidation sites excluding steroid dienone is 1. The van der Waals surface area contributed by atoms with Crippen LogP contribution in [0.15, 0.2) is 10.3 Å². The summed E-state index contributed by atoms with van der Waals surface area (Å²) in [5.74, 6) is 0. The maximum Gasteiger partial charge on any atom is 0.200 e. The van der Waals surface area contributed by atoms with Gasteiger partial charge in [0.25, 0.3) is 0 Å². The average molecular weight is 218 g/mol. The summed E-state index contributed by atoms with van der Waals surface area (Å²) in [6.07, 6.45) is 2.78. The van der Waals surface area contributed by atoms with E-state index in [9.17, 15) is 0 Å². The summed E-state index contributed by atoms with van der Waals surface area (Å²) < 4.78 is 0. The molecule has 0 heterocycles. The molecule has 0 saturated heterocycles. The van der Waals surface area contributed by atoms with Crippen molar-refractivity contribution in [3.8, 4) is 0 Å². The lowest BCUT2D eigenvalue weighted by Crippen LogP contribution is -1.99. The number of hydrogen-bond acceptors (Lipinski definition) is 1. The van der Waals surface area contributed by atoms with Crippen LogP contribution in [-0.2, 0) is 0 Å². The lowest BCUT2D eigenvalue weighted by Gasteiger charge is -2.06. The fraction of sp³-hybridized carbons (Fsp3) is 0.714. The number of aliphatic hydroxyl groups excluding tert-OH is 1. The molecule has 0 fully saturated rings. The summed E-state index contributed by atoms with van der Waals surface area (Å²) >= 11 is 16.6. The average Bonchev–Trinajstić information content (AvgIpc) is 1.98. The van der Waals surface area contributed by atoms with Crippen molar-refractivity contribution in [2.24, 2.45) is 0 Å². The van der Waals surface area contributed by atoms with E-state index in [1.807, 2.05) is 0 Å². The number of aliphatic hydroxyl groups is 1. The Kier molecular flexibility index (Phi) is 6.21. The molecule has 0 radical (unpaired) electrons. The first-order chi connectivity index (χ1) is 5.09. The predicted molar refractivity (Wildman–Crippen MR) is 50.5 cm³/mol. The number of hydrogen-bond donors (Lipinski definition) is 1. The van der Waals surface area contributed by atoms with Crippen LogP contribution >= 0.6 is 34.8 Å². The van der Waals surface area contributed by atoms with Crippen molar-refractivity contribution in [1.82, 2.24) is 0 Å². The molecule has 0 aliphatic carbocycles. The van der Waals surface area contributed by atoms with Crippen LogP contribution in [0.4, 0.5) is 0 Å². The van der Waals surface area contributed by atoms with E-state index < -0.39 is 5.22 Å². The van der Waals surface area contributed by atoms with E-state index in [0.29, 0.717) is 0 Å². The van der Waals surface area contributed by atoms with E-state index in [4.69, 9.17) is 39.9 Å². The van der Waals surface area contributed by atoms with Gasteiger partial charge in [0, 0.05) is 0 Å². The van der Waals surface area contributed by atoms with Gasteiger partial charge in [0.2, 0.25) is 5.22 Å². The third-order valence-corrected chi connectivity index (χ3v) is 2.57. The van der Waals surface area contributed by atoms with Crippen LogP contribution in [0.3, 0.4) is 0 Å². The molecular weight excluding hydrogens is 206 g/mol. The second-order valence-electron chi connectivity index (χ2n) is 2.25. The smallest absolute Gasteiger partial charge is 0.200 e. The van der Waals surface area contributed by atoms with Crippen molar-refractivity contribution in [3.05, 3.63) is 10.3 Å². The van der Waals surface area contributed by atoms with E-state index in [0.717, 1.165) is 19.3 Å². The van der Waals surface area contributed by atoms with Crippen molar-refractivity contribution < 1.29 is 5.11 Å². The Bertz CT molecular complexity index is 141. The van der Waals surface area contributed by atoms with Crippen molar-refractivity contribution in [2.75, 3.05) is 0 Å². The van der Waals surface area contributed by atoms with E-state index in [1.54, 1.807) is 0 Å². The van der Waals surface area contributed by atoms with Crippen molar-refractivity contribution in [3.63, 3.8) is 0 Å². The number of alkyl halides is 1. The predicted octanol–water partition coefficient (Wildman–Crippen LogP) is 3.99. The zero-order valence-corrected chi connectivity index (χ0v) is 8.55. The Morgan fingerprint density at radius 2 is 2.00 bits per heavy atom. The molecule has 0 amide bonds. The zero-order valence-electron chi connectivity index (χ0n) is 6.28. The van der Waals surface area contributed by atoms with Gasteiger partial charge in [0.05, 0.1) is 10.4 Å². The molecule has 1 nitrogen and oxygen atoms in total. The fourth-order valence-electron chi connectivity index (χ4n) is 0.639. The molecule has 0 aliphatic rings. The zero-order chi connectivity index (χ0) is 8.85. The molecule has 1 N–H and O–H groups in total. The quantitative estimate of drug-likeness (QED) is 0.558. The van der Waals surface area contributed by atoms with Gasteiger partial charge in [0.15, 0.2) is 0 Å². The normalized spacial score (nSPS) is 16.0. The van der Waals surface area contributed by atoms with Crippen LogP contribution in [0.1, 0.15) is 26.2 Å². The van der Waals surface area contributed by atoms with Crippen LogP contribution in [-0.4, -0.2) is 10.5 Å². The Balaban J connectivity index is 3.83. The summed E-state index contributed by atoms with van der Waals surface area (Å²) in [5.41, 5.74) is 0. The van der Waals surface area contributed by atoms with Gasteiger partial charge in [-0.1, -0.05) is 31.4 Å². The first-order valence-corrected chi connectivity index (χ1v) is 4.67. The van der Waals surface area contributed by atoms with Gasteiger partial charge in [-0.15, -0.1) is 11.6 Å². The summed E-state index contributed by atoms with van der Waals surface area (Å²) in [4.78, 5) is 0. The molecule has 0 aromatic carbocycles. The third-order valence-electron chi connectivity index (χ3n) is 1.28. The van der Waals surface area contributed by atoms with Gasteiger partial charge in [-0.3, -0.25) is 0 Å². The monoisotopic (exact) mass is 216 g/mol. The lowest BCUT2D eigenvalue weighted by molar-refractivity contribution is 0.447. The molecule has 66 valence electrons. The fourth-order valence-corrected chi connectivity index (χ4v) is 1.19. The second kappa shape index (κ2) is 5.99.